The largest absolute Gasteiger partial charge is 0.331 e. The van der Waals surface area contributed by atoms with Gasteiger partial charge < -0.3 is 10.3 Å². The Morgan fingerprint density at radius 2 is 2.00 bits per heavy atom. The van der Waals surface area contributed by atoms with Crippen molar-refractivity contribution in [2.45, 2.75) is 64.0 Å². The van der Waals surface area contributed by atoms with E-state index in [0.717, 1.165) is 13.0 Å². The second kappa shape index (κ2) is 4.21. The van der Waals surface area contributed by atoms with Crippen LogP contribution in [0.3, 0.4) is 0 Å². The maximum atomic E-state index is 5.93. The van der Waals surface area contributed by atoms with Gasteiger partial charge >= 0.3 is 0 Å². The SMILES string of the molecule is NCc1c(C2CCCC2)nc2n1CCCC2. The molecule has 0 radical (unpaired) electrons. The van der Waals surface area contributed by atoms with Gasteiger partial charge in [0, 0.05) is 25.4 Å². The lowest BCUT2D eigenvalue weighted by Gasteiger charge is -2.16. The average Bonchev–Trinajstić information content (AvgIpc) is 2.95. The van der Waals surface area contributed by atoms with Gasteiger partial charge in [0.05, 0.1) is 11.4 Å². The van der Waals surface area contributed by atoms with Gasteiger partial charge in [-0.1, -0.05) is 12.8 Å². The molecule has 2 N–H and O–H groups in total. The Balaban J connectivity index is 1.99. The zero-order chi connectivity index (χ0) is 11.0. The first kappa shape index (κ1) is 10.3. The second-order valence-electron chi connectivity index (χ2n) is 5.15. The molecule has 3 nitrogen and oxygen atoms in total. The van der Waals surface area contributed by atoms with Crippen molar-refractivity contribution in [2.75, 3.05) is 0 Å². The van der Waals surface area contributed by atoms with Gasteiger partial charge in [-0.25, -0.2) is 4.98 Å². The van der Waals surface area contributed by atoms with Gasteiger partial charge in [0.1, 0.15) is 5.82 Å². The molecule has 3 rings (SSSR count). The molecular formula is C13H21N3. The minimum absolute atomic E-state index is 0.666. The maximum Gasteiger partial charge on any atom is 0.109 e. The van der Waals surface area contributed by atoms with Crippen LogP contribution in [0.2, 0.25) is 0 Å². The van der Waals surface area contributed by atoms with Crippen LogP contribution in [0, 0.1) is 0 Å². The van der Waals surface area contributed by atoms with E-state index < -0.39 is 0 Å². The van der Waals surface area contributed by atoms with Crippen LogP contribution in [-0.2, 0) is 19.5 Å². The summed E-state index contributed by atoms with van der Waals surface area (Å²) in [6, 6.07) is 0. The minimum Gasteiger partial charge on any atom is -0.331 e. The Morgan fingerprint density at radius 1 is 1.19 bits per heavy atom. The van der Waals surface area contributed by atoms with E-state index in [1.165, 1.54) is 55.7 Å². The molecule has 1 aliphatic carbocycles. The van der Waals surface area contributed by atoms with Crippen molar-refractivity contribution >= 4 is 0 Å². The number of imidazole rings is 1. The van der Waals surface area contributed by atoms with Crippen molar-refractivity contribution in [1.82, 2.24) is 9.55 Å². The zero-order valence-corrected chi connectivity index (χ0v) is 9.91. The van der Waals surface area contributed by atoms with Gasteiger partial charge in [-0.2, -0.15) is 0 Å². The molecule has 1 aromatic rings. The lowest BCUT2D eigenvalue weighted by Crippen LogP contribution is -2.15. The van der Waals surface area contributed by atoms with Gasteiger partial charge in [-0.15, -0.1) is 0 Å². The fourth-order valence-electron chi connectivity index (χ4n) is 3.31. The third-order valence-corrected chi connectivity index (χ3v) is 4.15. The first-order valence-electron chi connectivity index (χ1n) is 6.68. The van der Waals surface area contributed by atoms with Crippen LogP contribution in [0.1, 0.15) is 61.7 Å². The molecule has 88 valence electrons. The molecule has 1 aromatic heterocycles. The third kappa shape index (κ3) is 1.58. The van der Waals surface area contributed by atoms with E-state index in [9.17, 15) is 0 Å². The third-order valence-electron chi connectivity index (χ3n) is 4.15. The van der Waals surface area contributed by atoms with Crippen molar-refractivity contribution in [3.8, 4) is 0 Å². The Labute approximate surface area is 97.0 Å². The monoisotopic (exact) mass is 219 g/mol. The number of aryl methyl sites for hydroxylation is 1. The van der Waals surface area contributed by atoms with Crippen molar-refractivity contribution in [1.29, 1.82) is 0 Å². The van der Waals surface area contributed by atoms with E-state index in [2.05, 4.69) is 4.57 Å². The predicted octanol–water partition coefficient (Wildman–Crippen LogP) is 2.34. The molecule has 1 aliphatic heterocycles. The highest BCUT2D eigenvalue weighted by Crippen LogP contribution is 2.36. The fraction of sp³-hybridized carbons (Fsp3) is 0.769. The first-order valence-corrected chi connectivity index (χ1v) is 6.68. The Morgan fingerprint density at radius 3 is 2.75 bits per heavy atom. The molecule has 2 heterocycles. The van der Waals surface area contributed by atoms with Crippen LogP contribution in [-0.4, -0.2) is 9.55 Å². The van der Waals surface area contributed by atoms with E-state index in [0.29, 0.717) is 12.5 Å². The normalized spacial score (nSPS) is 21.3. The Bertz CT molecular complexity index is 375. The van der Waals surface area contributed by atoms with Gasteiger partial charge in [-0.3, -0.25) is 0 Å². The van der Waals surface area contributed by atoms with Crippen LogP contribution in [0.5, 0.6) is 0 Å². The topological polar surface area (TPSA) is 43.8 Å². The number of hydrogen-bond acceptors (Lipinski definition) is 2. The molecule has 0 atom stereocenters. The van der Waals surface area contributed by atoms with E-state index in [4.69, 9.17) is 10.7 Å². The number of nitrogens with zero attached hydrogens (tertiary/aromatic N) is 2. The molecule has 0 aromatic carbocycles. The first-order chi connectivity index (χ1) is 7.90. The van der Waals surface area contributed by atoms with Crippen molar-refractivity contribution in [2.24, 2.45) is 5.73 Å². The number of hydrogen-bond donors (Lipinski definition) is 1. The summed E-state index contributed by atoms with van der Waals surface area (Å²) in [7, 11) is 0. The summed E-state index contributed by atoms with van der Waals surface area (Å²) < 4.78 is 2.40. The van der Waals surface area contributed by atoms with E-state index >= 15 is 0 Å². The number of aromatic nitrogens is 2. The second-order valence-corrected chi connectivity index (χ2v) is 5.15. The van der Waals surface area contributed by atoms with Gasteiger partial charge in [-0.05, 0) is 25.7 Å². The standard InChI is InChI=1S/C13H21N3/c14-9-11-13(10-5-1-2-6-10)15-12-7-3-4-8-16(11)12/h10H,1-9,14H2. The fourth-order valence-corrected chi connectivity index (χ4v) is 3.31. The van der Waals surface area contributed by atoms with Gasteiger partial charge in [0.25, 0.3) is 0 Å². The van der Waals surface area contributed by atoms with Crippen LogP contribution < -0.4 is 5.73 Å². The molecule has 16 heavy (non-hydrogen) atoms. The Kier molecular flexibility index (Phi) is 2.72. The van der Waals surface area contributed by atoms with Crippen molar-refractivity contribution in [3.63, 3.8) is 0 Å². The summed E-state index contributed by atoms with van der Waals surface area (Å²) in [5.41, 5.74) is 8.61. The van der Waals surface area contributed by atoms with E-state index in [1.54, 1.807) is 0 Å². The molecule has 0 bridgehead atoms. The molecule has 2 aliphatic rings. The highest BCUT2D eigenvalue weighted by atomic mass is 15.1. The van der Waals surface area contributed by atoms with E-state index in [-0.39, 0.29) is 0 Å². The summed E-state index contributed by atoms with van der Waals surface area (Å²) in [6.07, 6.45) is 9.13. The molecule has 0 spiro atoms. The molecule has 0 unspecified atom stereocenters. The van der Waals surface area contributed by atoms with Crippen molar-refractivity contribution < 1.29 is 0 Å². The molecule has 0 saturated heterocycles. The van der Waals surface area contributed by atoms with Crippen LogP contribution in [0.25, 0.3) is 0 Å². The lowest BCUT2D eigenvalue weighted by molar-refractivity contribution is 0.508. The van der Waals surface area contributed by atoms with Crippen LogP contribution >= 0.6 is 0 Å². The molecular weight excluding hydrogens is 198 g/mol. The molecule has 3 heteroatoms. The van der Waals surface area contributed by atoms with Crippen molar-refractivity contribution in [3.05, 3.63) is 17.2 Å². The minimum atomic E-state index is 0.666. The maximum absolute atomic E-state index is 5.93. The lowest BCUT2D eigenvalue weighted by atomic mass is 10.0. The summed E-state index contributed by atoms with van der Waals surface area (Å²) in [4.78, 5) is 4.89. The summed E-state index contributed by atoms with van der Waals surface area (Å²) >= 11 is 0. The summed E-state index contributed by atoms with van der Waals surface area (Å²) in [6.45, 7) is 1.81. The van der Waals surface area contributed by atoms with Gasteiger partial charge in [0.15, 0.2) is 0 Å². The molecule has 1 saturated carbocycles. The summed E-state index contributed by atoms with van der Waals surface area (Å²) in [5, 5.41) is 0. The zero-order valence-electron chi connectivity index (χ0n) is 9.91. The smallest absolute Gasteiger partial charge is 0.109 e. The van der Waals surface area contributed by atoms with Crippen LogP contribution in [0.4, 0.5) is 0 Å². The summed E-state index contributed by atoms with van der Waals surface area (Å²) in [5.74, 6) is 2.00. The van der Waals surface area contributed by atoms with Crippen LogP contribution in [0.15, 0.2) is 0 Å². The molecule has 1 fully saturated rings. The predicted molar refractivity (Wildman–Crippen MR) is 64.3 cm³/mol. The quantitative estimate of drug-likeness (QED) is 0.829. The van der Waals surface area contributed by atoms with E-state index in [1.807, 2.05) is 0 Å². The molecule has 0 amide bonds. The van der Waals surface area contributed by atoms with Gasteiger partial charge in [0.2, 0.25) is 0 Å². The highest BCUT2D eigenvalue weighted by molar-refractivity contribution is 5.23. The average molecular weight is 219 g/mol. The number of rotatable bonds is 2. The number of nitrogens with two attached hydrogens (primary N) is 1. The number of fused-ring (bicyclic) bond motifs is 1. The highest BCUT2D eigenvalue weighted by Gasteiger charge is 2.26. The Hall–Kier alpha value is -0.830.